The number of rotatable bonds is 5. The third kappa shape index (κ3) is 3.88. The monoisotopic (exact) mass is 348 g/mol. The number of nitrogens with one attached hydrogen (secondary N) is 1. The van der Waals surface area contributed by atoms with E-state index >= 15 is 0 Å². The molecule has 1 aromatic heterocycles. The quantitative estimate of drug-likeness (QED) is 0.507. The molecular formula is C16H13FN2O4S. The second-order valence-corrected chi connectivity index (χ2v) is 6.22. The number of nitro groups is 1. The summed E-state index contributed by atoms with van der Waals surface area (Å²) in [5.41, 5.74) is -1.39. The zero-order valence-electron chi connectivity index (χ0n) is 12.8. The second-order valence-electron chi connectivity index (χ2n) is 5.31. The lowest BCUT2D eigenvalue weighted by atomic mass is 10.1. The number of nitrogens with zero attached hydrogens (tertiary/aromatic N) is 1. The van der Waals surface area contributed by atoms with Gasteiger partial charge < -0.3 is 10.1 Å². The van der Waals surface area contributed by atoms with Crippen LogP contribution < -0.4 is 10.1 Å². The molecule has 24 heavy (non-hydrogen) atoms. The number of hydrogen-bond acceptors (Lipinski definition) is 5. The highest BCUT2D eigenvalue weighted by molar-refractivity contribution is 7.12. The highest BCUT2D eigenvalue weighted by Crippen LogP contribution is 2.35. The number of benzene rings is 1. The predicted molar refractivity (Wildman–Crippen MR) is 87.8 cm³/mol. The lowest BCUT2D eigenvalue weighted by molar-refractivity contribution is -0.385. The third-order valence-electron chi connectivity index (χ3n) is 2.96. The van der Waals surface area contributed by atoms with Gasteiger partial charge in [-0.05, 0) is 37.4 Å². The van der Waals surface area contributed by atoms with Crippen LogP contribution in [0.1, 0.15) is 23.5 Å². The molecule has 8 heteroatoms. The van der Waals surface area contributed by atoms with E-state index in [0.29, 0.717) is 0 Å². The normalized spacial score (nSPS) is 10.8. The molecule has 2 aromatic rings. The maximum Gasteiger partial charge on any atom is 0.314 e. The van der Waals surface area contributed by atoms with E-state index in [-0.39, 0.29) is 16.4 Å². The smallest absolute Gasteiger partial charge is 0.314 e. The Hall–Kier alpha value is -2.92. The molecule has 2 rings (SSSR count). The molecule has 0 fully saturated rings. The fraction of sp³-hybridized carbons (Fsp3) is 0.188. The topological polar surface area (TPSA) is 81.5 Å². The standard InChI is InChI=1S/C16H13FN2O4S/c1-4-16(2,3)18-15(20)14-13(7-8-24-14)23-12-6-5-10(17)9-11(12)19(21)22/h1,5-9H,2-3H3,(H,18,20). The highest BCUT2D eigenvalue weighted by Gasteiger charge is 2.24. The van der Waals surface area contributed by atoms with Crippen molar-refractivity contribution in [2.24, 2.45) is 0 Å². The van der Waals surface area contributed by atoms with Crippen LogP contribution in [0.4, 0.5) is 10.1 Å². The number of nitro benzene ring substituents is 1. The van der Waals surface area contributed by atoms with Crippen LogP contribution in [0, 0.1) is 28.3 Å². The SMILES string of the molecule is C#CC(C)(C)NC(=O)c1sccc1Oc1ccc(F)cc1[N+](=O)[O-]. The van der Waals surface area contributed by atoms with Gasteiger partial charge in [0.2, 0.25) is 5.75 Å². The van der Waals surface area contributed by atoms with Gasteiger partial charge in [0.15, 0.2) is 5.75 Å². The van der Waals surface area contributed by atoms with Crippen LogP contribution in [-0.4, -0.2) is 16.4 Å². The van der Waals surface area contributed by atoms with Crippen molar-refractivity contribution in [3.63, 3.8) is 0 Å². The largest absolute Gasteiger partial charge is 0.448 e. The van der Waals surface area contributed by atoms with Crippen LogP contribution in [0.3, 0.4) is 0 Å². The van der Waals surface area contributed by atoms with Crippen molar-refractivity contribution in [3.8, 4) is 23.8 Å². The van der Waals surface area contributed by atoms with Crippen molar-refractivity contribution in [2.45, 2.75) is 19.4 Å². The number of ether oxygens (including phenoxy) is 1. The molecule has 0 saturated carbocycles. The Labute approximate surface area is 141 Å². The Kier molecular flexibility index (Phi) is 4.85. The van der Waals surface area contributed by atoms with Gasteiger partial charge in [-0.1, -0.05) is 5.92 Å². The van der Waals surface area contributed by atoms with E-state index in [9.17, 15) is 19.3 Å². The van der Waals surface area contributed by atoms with Gasteiger partial charge in [-0.2, -0.15) is 0 Å². The summed E-state index contributed by atoms with van der Waals surface area (Å²) in [4.78, 5) is 22.7. The van der Waals surface area contributed by atoms with Crippen molar-refractivity contribution in [2.75, 3.05) is 0 Å². The van der Waals surface area contributed by atoms with Crippen LogP contribution in [0.5, 0.6) is 11.5 Å². The van der Waals surface area contributed by atoms with Crippen LogP contribution in [-0.2, 0) is 0 Å². The van der Waals surface area contributed by atoms with Crippen molar-refractivity contribution >= 4 is 22.9 Å². The van der Waals surface area contributed by atoms with Gasteiger partial charge in [0.1, 0.15) is 10.7 Å². The number of amides is 1. The van der Waals surface area contributed by atoms with Crippen molar-refractivity contribution in [1.82, 2.24) is 5.32 Å². The Morgan fingerprint density at radius 3 is 2.75 bits per heavy atom. The van der Waals surface area contributed by atoms with Crippen molar-refractivity contribution < 1.29 is 18.8 Å². The molecule has 0 aliphatic heterocycles. The van der Waals surface area contributed by atoms with Gasteiger partial charge in [-0.15, -0.1) is 17.8 Å². The molecule has 0 spiro atoms. The predicted octanol–water partition coefficient (Wildman–Crippen LogP) is 3.73. The number of hydrogen-bond donors (Lipinski definition) is 1. The molecule has 124 valence electrons. The first-order valence-corrected chi connectivity index (χ1v) is 7.61. The zero-order valence-corrected chi connectivity index (χ0v) is 13.6. The molecule has 1 heterocycles. The Morgan fingerprint density at radius 1 is 1.42 bits per heavy atom. The molecule has 0 aliphatic rings. The van der Waals surface area contributed by atoms with E-state index in [2.05, 4.69) is 11.2 Å². The summed E-state index contributed by atoms with van der Waals surface area (Å²) in [6.45, 7) is 3.31. The minimum atomic E-state index is -0.861. The molecule has 0 unspecified atom stereocenters. The molecule has 1 amide bonds. The number of carbonyl (C=O) groups is 1. The minimum Gasteiger partial charge on any atom is -0.448 e. The van der Waals surface area contributed by atoms with Gasteiger partial charge in [0, 0.05) is 0 Å². The first-order valence-electron chi connectivity index (χ1n) is 6.73. The maximum absolute atomic E-state index is 13.2. The second kappa shape index (κ2) is 6.68. The average Bonchev–Trinajstić information content (AvgIpc) is 2.96. The van der Waals surface area contributed by atoms with Gasteiger partial charge in [0.05, 0.1) is 16.5 Å². The number of carbonyl (C=O) groups excluding carboxylic acids is 1. The Balaban J connectivity index is 2.31. The lowest BCUT2D eigenvalue weighted by Crippen LogP contribution is -2.41. The van der Waals surface area contributed by atoms with Gasteiger partial charge >= 0.3 is 5.69 Å². The van der Waals surface area contributed by atoms with E-state index in [0.717, 1.165) is 29.5 Å². The summed E-state index contributed by atoms with van der Waals surface area (Å²) in [5.74, 6) is 1.18. The molecule has 1 N–H and O–H groups in total. The molecule has 0 atom stereocenters. The fourth-order valence-corrected chi connectivity index (χ4v) is 2.47. The minimum absolute atomic E-state index is 0.125. The van der Waals surface area contributed by atoms with Gasteiger partial charge in [-0.3, -0.25) is 14.9 Å². The van der Waals surface area contributed by atoms with Crippen LogP contribution in [0.15, 0.2) is 29.6 Å². The van der Waals surface area contributed by atoms with E-state index in [4.69, 9.17) is 11.2 Å². The van der Waals surface area contributed by atoms with Gasteiger partial charge in [0.25, 0.3) is 5.91 Å². The summed E-state index contributed by atoms with van der Waals surface area (Å²) in [7, 11) is 0. The Bertz CT molecular complexity index is 839. The van der Waals surface area contributed by atoms with Crippen molar-refractivity contribution in [1.29, 1.82) is 0 Å². The Morgan fingerprint density at radius 2 is 2.12 bits per heavy atom. The first-order chi connectivity index (χ1) is 11.2. The summed E-state index contributed by atoms with van der Waals surface area (Å²) in [6, 6.07) is 4.42. The van der Waals surface area contributed by atoms with E-state index in [1.165, 1.54) is 6.07 Å². The molecule has 0 saturated heterocycles. The maximum atomic E-state index is 13.2. The molecule has 0 radical (unpaired) electrons. The highest BCUT2D eigenvalue weighted by atomic mass is 32.1. The summed E-state index contributed by atoms with van der Waals surface area (Å²) >= 11 is 1.10. The summed E-state index contributed by atoms with van der Waals surface area (Å²) in [6.07, 6.45) is 5.33. The summed E-state index contributed by atoms with van der Waals surface area (Å²) in [5, 5.41) is 15.3. The molecule has 0 aliphatic carbocycles. The van der Waals surface area contributed by atoms with Crippen LogP contribution in [0.2, 0.25) is 0 Å². The van der Waals surface area contributed by atoms with E-state index in [1.807, 2.05) is 0 Å². The van der Waals surface area contributed by atoms with Crippen LogP contribution in [0.25, 0.3) is 0 Å². The molecule has 6 nitrogen and oxygen atoms in total. The number of terminal acetylenes is 1. The first kappa shape index (κ1) is 17.4. The molecule has 1 aromatic carbocycles. The van der Waals surface area contributed by atoms with E-state index in [1.54, 1.807) is 19.2 Å². The van der Waals surface area contributed by atoms with E-state index < -0.39 is 27.9 Å². The average molecular weight is 348 g/mol. The number of thiophene rings is 1. The lowest BCUT2D eigenvalue weighted by Gasteiger charge is -2.19. The number of halogens is 1. The van der Waals surface area contributed by atoms with Crippen LogP contribution >= 0.6 is 11.3 Å². The molecule has 0 bridgehead atoms. The zero-order chi connectivity index (χ0) is 17.9. The third-order valence-corrected chi connectivity index (χ3v) is 3.85. The summed E-state index contributed by atoms with van der Waals surface area (Å²) < 4.78 is 18.6. The molecular weight excluding hydrogens is 335 g/mol. The van der Waals surface area contributed by atoms with Crippen molar-refractivity contribution in [3.05, 3.63) is 50.5 Å². The fourth-order valence-electron chi connectivity index (χ4n) is 1.76. The van der Waals surface area contributed by atoms with Gasteiger partial charge in [-0.25, -0.2) is 4.39 Å².